The lowest BCUT2D eigenvalue weighted by atomic mass is 10.1. The van der Waals surface area contributed by atoms with Crippen LogP contribution in [0.1, 0.15) is 16.1 Å². The zero-order valence-corrected chi connectivity index (χ0v) is 16.7. The molecule has 10 heteroatoms. The highest BCUT2D eigenvalue weighted by atomic mass is 35.5. The van der Waals surface area contributed by atoms with Crippen molar-refractivity contribution in [3.05, 3.63) is 75.0 Å². The molecule has 2 aromatic carbocycles. The van der Waals surface area contributed by atoms with Gasteiger partial charge in [0.1, 0.15) is 23.0 Å². The van der Waals surface area contributed by atoms with E-state index in [9.17, 15) is 14.9 Å². The van der Waals surface area contributed by atoms with Gasteiger partial charge >= 0.3 is 0 Å². The quantitative estimate of drug-likeness (QED) is 0.340. The first-order valence-corrected chi connectivity index (χ1v) is 8.90. The van der Waals surface area contributed by atoms with Crippen LogP contribution in [0.25, 0.3) is 11.3 Å². The summed E-state index contributed by atoms with van der Waals surface area (Å²) in [6.07, 6.45) is 1.32. The van der Waals surface area contributed by atoms with Gasteiger partial charge in [-0.2, -0.15) is 5.10 Å². The first kappa shape index (κ1) is 20.9. The predicted octanol–water partition coefficient (Wildman–Crippen LogP) is 4.29. The van der Waals surface area contributed by atoms with Crippen LogP contribution in [0.15, 0.2) is 58.0 Å². The second kappa shape index (κ2) is 9.10. The summed E-state index contributed by atoms with van der Waals surface area (Å²) in [7, 11) is 2.96. The number of furan rings is 1. The smallest absolute Gasteiger partial charge is 0.275 e. The van der Waals surface area contributed by atoms with Crippen LogP contribution < -0.4 is 14.9 Å². The summed E-state index contributed by atoms with van der Waals surface area (Å²) in [4.78, 5) is 22.6. The first-order valence-electron chi connectivity index (χ1n) is 8.52. The largest absolute Gasteiger partial charge is 0.497 e. The van der Waals surface area contributed by atoms with Gasteiger partial charge in [-0.3, -0.25) is 14.9 Å². The number of methoxy groups -OCH3 is 2. The third-order valence-electron chi connectivity index (χ3n) is 4.07. The fourth-order valence-corrected chi connectivity index (χ4v) is 2.85. The van der Waals surface area contributed by atoms with Crippen LogP contribution in [-0.2, 0) is 0 Å². The van der Waals surface area contributed by atoms with Gasteiger partial charge in [0.15, 0.2) is 0 Å². The molecule has 0 aliphatic rings. The number of hydrogen-bond acceptors (Lipinski definition) is 7. The van der Waals surface area contributed by atoms with Gasteiger partial charge in [0.2, 0.25) is 0 Å². The van der Waals surface area contributed by atoms with Crippen LogP contribution in [0.2, 0.25) is 5.02 Å². The summed E-state index contributed by atoms with van der Waals surface area (Å²) in [5.41, 5.74) is 3.05. The summed E-state index contributed by atoms with van der Waals surface area (Å²) in [5, 5.41) is 14.9. The average Bonchev–Trinajstić information content (AvgIpc) is 3.21. The Morgan fingerprint density at radius 2 is 1.97 bits per heavy atom. The Kier molecular flexibility index (Phi) is 6.33. The lowest BCUT2D eigenvalue weighted by Crippen LogP contribution is -2.18. The molecule has 1 amide bonds. The molecule has 154 valence electrons. The van der Waals surface area contributed by atoms with Crippen molar-refractivity contribution in [3.63, 3.8) is 0 Å². The van der Waals surface area contributed by atoms with Gasteiger partial charge in [-0.05, 0) is 30.3 Å². The number of carbonyl (C=O) groups is 1. The van der Waals surface area contributed by atoms with Gasteiger partial charge in [-0.15, -0.1) is 0 Å². The molecule has 0 aliphatic heterocycles. The number of hydrazone groups is 1. The standard InChI is InChI=1S/C20H16ClN3O6/c1-28-13-4-7-16(19(10-13)29-2)20(25)23-22-11-14-5-8-18(30-14)15-6-3-12(24(26)27)9-17(15)21/h3-11H,1-2H3,(H,23,25). The molecule has 0 spiro atoms. The number of benzene rings is 2. The monoisotopic (exact) mass is 429 g/mol. The molecule has 30 heavy (non-hydrogen) atoms. The molecule has 3 aromatic rings. The normalized spacial score (nSPS) is 10.8. The first-order chi connectivity index (χ1) is 14.4. The van der Waals surface area contributed by atoms with Crippen molar-refractivity contribution in [3.8, 4) is 22.8 Å². The molecule has 0 atom stereocenters. The van der Waals surface area contributed by atoms with Gasteiger partial charge in [-0.25, -0.2) is 5.43 Å². The van der Waals surface area contributed by atoms with Crippen LogP contribution in [0.4, 0.5) is 5.69 Å². The molecular formula is C20H16ClN3O6. The van der Waals surface area contributed by atoms with Crippen molar-refractivity contribution in [1.82, 2.24) is 5.43 Å². The van der Waals surface area contributed by atoms with E-state index in [4.69, 9.17) is 25.5 Å². The van der Waals surface area contributed by atoms with Crippen LogP contribution in [-0.4, -0.2) is 31.3 Å². The van der Waals surface area contributed by atoms with Crippen molar-refractivity contribution < 1.29 is 23.6 Å². The van der Waals surface area contributed by atoms with Gasteiger partial charge in [-0.1, -0.05) is 11.6 Å². The minimum atomic E-state index is -0.531. The fraction of sp³-hybridized carbons (Fsp3) is 0.100. The van der Waals surface area contributed by atoms with Gasteiger partial charge in [0, 0.05) is 23.8 Å². The number of nitrogens with zero attached hydrogens (tertiary/aromatic N) is 2. The van der Waals surface area contributed by atoms with E-state index >= 15 is 0 Å². The molecule has 1 aromatic heterocycles. The number of nitro groups is 1. The number of nitro benzene ring substituents is 1. The highest BCUT2D eigenvalue weighted by Crippen LogP contribution is 2.32. The van der Waals surface area contributed by atoms with Crippen LogP contribution >= 0.6 is 11.6 Å². The molecule has 1 heterocycles. The Bertz CT molecular complexity index is 1130. The maximum atomic E-state index is 12.3. The summed E-state index contributed by atoms with van der Waals surface area (Å²) in [6.45, 7) is 0. The number of ether oxygens (including phenoxy) is 2. The highest BCUT2D eigenvalue weighted by Gasteiger charge is 2.14. The third kappa shape index (κ3) is 4.58. The minimum absolute atomic E-state index is 0.117. The molecule has 0 saturated heterocycles. The number of carbonyl (C=O) groups excluding carboxylic acids is 1. The lowest BCUT2D eigenvalue weighted by Gasteiger charge is -2.08. The van der Waals surface area contributed by atoms with E-state index in [2.05, 4.69) is 10.5 Å². The Balaban J connectivity index is 1.71. The molecule has 0 radical (unpaired) electrons. The molecule has 3 rings (SSSR count). The number of rotatable bonds is 7. The summed E-state index contributed by atoms with van der Waals surface area (Å²) in [5.74, 6) is 1.17. The van der Waals surface area contributed by atoms with Crippen molar-refractivity contribution in [2.75, 3.05) is 14.2 Å². The maximum Gasteiger partial charge on any atom is 0.275 e. The zero-order chi connectivity index (χ0) is 21.7. The van der Waals surface area contributed by atoms with Gasteiger partial charge < -0.3 is 13.9 Å². The number of nitrogens with one attached hydrogen (secondary N) is 1. The molecule has 0 bridgehead atoms. The van der Waals surface area contributed by atoms with Crippen molar-refractivity contribution in [1.29, 1.82) is 0 Å². The van der Waals surface area contributed by atoms with Gasteiger partial charge in [0.25, 0.3) is 11.6 Å². The van der Waals surface area contributed by atoms with Gasteiger partial charge in [0.05, 0.1) is 35.9 Å². The molecule has 0 saturated carbocycles. The predicted molar refractivity (Wildman–Crippen MR) is 110 cm³/mol. The van der Waals surface area contributed by atoms with Crippen molar-refractivity contribution in [2.24, 2.45) is 5.10 Å². The second-order valence-electron chi connectivity index (χ2n) is 5.89. The Morgan fingerprint density at radius 1 is 1.17 bits per heavy atom. The van der Waals surface area contributed by atoms with Crippen molar-refractivity contribution >= 4 is 29.4 Å². The molecule has 9 nitrogen and oxygen atoms in total. The number of hydrogen-bond donors (Lipinski definition) is 1. The zero-order valence-electron chi connectivity index (χ0n) is 15.9. The van der Waals surface area contributed by atoms with E-state index in [-0.39, 0.29) is 16.3 Å². The number of non-ortho nitro benzene ring substituents is 1. The van der Waals surface area contributed by atoms with Crippen LogP contribution in [0.5, 0.6) is 11.5 Å². The van der Waals surface area contributed by atoms with Crippen LogP contribution in [0.3, 0.4) is 0 Å². The molecule has 0 aliphatic carbocycles. The topological polar surface area (TPSA) is 116 Å². The number of amides is 1. The molecule has 0 fully saturated rings. The average molecular weight is 430 g/mol. The summed E-state index contributed by atoms with van der Waals surface area (Å²) < 4.78 is 15.9. The highest BCUT2D eigenvalue weighted by molar-refractivity contribution is 6.33. The Morgan fingerprint density at radius 3 is 2.63 bits per heavy atom. The van der Waals surface area contributed by atoms with E-state index < -0.39 is 10.8 Å². The summed E-state index contributed by atoms with van der Waals surface area (Å²) >= 11 is 6.11. The van der Waals surface area contributed by atoms with E-state index in [1.165, 1.54) is 38.6 Å². The van der Waals surface area contributed by atoms with E-state index in [1.54, 1.807) is 30.3 Å². The van der Waals surface area contributed by atoms with E-state index in [0.717, 1.165) is 0 Å². The van der Waals surface area contributed by atoms with E-state index in [1.807, 2.05) is 0 Å². The minimum Gasteiger partial charge on any atom is -0.497 e. The fourth-order valence-electron chi connectivity index (χ4n) is 2.59. The summed E-state index contributed by atoms with van der Waals surface area (Å²) in [6, 6.07) is 12.1. The molecule has 1 N–H and O–H groups in total. The molecule has 0 unspecified atom stereocenters. The molecular weight excluding hydrogens is 414 g/mol. The SMILES string of the molecule is COc1ccc(C(=O)NN=Cc2ccc(-c3ccc([N+](=O)[O-])cc3Cl)o2)c(OC)c1. The maximum absolute atomic E-state index is 12.3. The van der Waals surface area contributed by atoms with E-state index in [0.29, 0.717) is 28.6 Å². The van der Waals surface area contributed by atoms with Crippen LogP contribution in [0, 0.1) is 10.1 Å². The Hall–Kier alpha value is -3.85. The lowest BCUT2D eigenvalue weighted by molar-refractivity contribution is -0.384. The van der Waals surface area contributed by atoms with Crippen molar-refractivity contribution in [2.45, 2.75) is 0 Å². The number of halogens is 1. The Labute approximate surface area is 176 Å². The third-order valence-corrected chi connectivity index (χ3v) is 4.38. The second-order valence-corrected chi connectivity index (χ2v) is 6.30.